The minimum Gasteiger partial charge on any atom is -0.388 e. The molecule has 0 saturated carbocycles. The lowest BCUT2D eigenvalue weighted by molar-refractivity contribution is -0.140. The van der Waals surface area contributed by atoms with Crippen LogP contribution in [0, 0.1) is 11.7 Å². The third-order valence-corrected chi connectivity index (χ3v) is 3.64. The summed E-state index contributed by atoms with van der Waals surface area (Å²) >= 11 is 2.92. The molecular formula is C13H15BrF4O. The Labute approximate surface area is 117 Å². The van der Waals surface area contributed by atoms with Crippen LogP contribution in [0.1, 0.15) is 43.9 Å². The van der Waals surface area contributed by atoms with E-state index < -0.39 is 23.7 Å². The van der Waals surface area contributed by atoms with Gasteiger partial charge in [0.15, 0.2) is 0 Å². The van der Waals surface area contributed by atoms with Gasteiger partial charge >= 0.3 is 6.18 Å². The lowest BCUT2D eigenvalue weighted by Crippen LogP contribution is -2.16. The van der Waals surface area contributed by atoms with Crippen molar-refractivity contribution < 1.29 is 22.7 Å². The first kappa shape index (κ1) is 16.4. The number of hydrogen-bond acceptors (Lipinski definition) is 1. The van der Waals surface area contributed by atoms with Gasteiger partial charge in [-0.3, -0.25) is 0 Å². The van der Waals surface area contributed by atoms with Gasteiger partial charge in [-0.15, -0.1) is 0 Å². The van der Waals surface area contributed by atoms with Gasteiger partial charge in [-0.2, -0.15) is 13.2 Å². The Bertz CT molecular complexity index is 441. The molecule has 0 aliphatic carbocycles. The monoisotopic (exact) mass is 342 g/mol. The summed E-state index contributed by atoms with van der Waals surface area (Å²) in [5.74, 6) is -1.67. The molecule has 1 atom stereocenters. The van der Waals surface area contributed by atoms with E-state index in [1.54, 1.807) is 13.8 Å². The highest BCUT2D eigenvalue weighted by atomic mass is 79.9. The van der Waals surface area contributed by atoms with Gasteiger partial charge in [0, 0.05) is 10.0 Å². The zero-order chi connectivity index (χ0) is 14.8. The number of halogens is 5. The zero-order valence-corrected chi connectivity index (χ0v) is 12.1. The highest BCUT2D eigenvalue weighted by Gasteiger charge is 2.37. The number of aliphatic hydroxyl groups excluding tert-OH is 1. The van der Waals surface area contributed by atoms with Crippen LogP contribution in [0.2, 0.25) is 0 Å². The molecule has 0 bridgehead atoms. The van der Waals surface area contributed by atoms with Crippen LogP contribution in [0.25, 0.3) is 0 Å². The third-order valence-electron chi connectivity index (χ3n) is 3.18. The van der Waals surface area contributed by atoms with E-state index in [-0.39, 0.29) is 16.0 Å². The molecular weight excluding hydrogens is 328 g/mol. The van der Waals surface area contributed by atoms with Crippen LogP contribution >= 0.6 is 15.9 Å². The van der Waals surface area contributed by atoms with E-state index in [0.29, 0.717) is 18.9 Å². The average Bonchev–Trinajstić information content (AvgIpc) is 2.31. The van der Waals surface area contributed by atoms with Crippen molar-refractivity contribution in [2.24, 2.45) is 5.92 Å². The maximum Gasteiger partial charge on any atom is 0.419 e. The quantitative estimate of drug-likeness (QED) is 0.756. The molecule has 0 saturated heterocycles. The fourth-order valence-electron chi connectivity index (χ4n) is 2.02. The van der Waals surface area contributed by atoms with E-state index >= 15 is 0 Å². The molecule has 1 aromatic rings. The van der Waals surface area contributed by atoms with Crippen molar-refractivity contribution in [1.29, 1.82) is 0 Å². The van der Waals surface area contributed by atoms with Crippen molar-refractivity contribution in [2.45, 2.75) is 39.0 Å². The minimum absolute atomic E-state index is 0.0984. The lowest BCUT2D eigenvalue weighted by Gasteiger charge is -2.22. The van der Waals surface area contributed by atoms with Crippen LogP contribution in [-0.4, -0.2) is 5.11 Å². The molecule has 1 aromatic carbocycles. The molecule has 19 heavy (non-hydrogen) atoms. The summed E-state index contributed by atoms with van der Waals surface area (Å²) in [5.41, 5.74) is -1.67. The van der Waals surface area contributed by atoms with Gasteiger partial charge in [0.2, 0.25) is 0 Å². The van der Waals surface area contributed by atoms with Gasteiger partial charge in [-0.05, 0) is 18.1 Å². The fourth-order valence-corrected chi connectivity index (χ4v) is 2.50. The normalized spacial score (nSPS) is 13.9. The Kier molecular flexibility index (Phi) is 5.38. The maximum atomic E-state index is 13.9. The summed E-state index contributed by atoms with van der Waals surface area (Å²) in [6, 6.07) is 1.88. The Hall–Kier alpha value is -0.620. The average molecular weight is 343 g/mol. The van der Waals surface area contributed by atoms with Crippen molar-refractivity contribution in [1.82, 2.24) is 0 Å². The highest BCUT2D eigenvalue weighted by molar-refractivity contribution is 9.10. The molecule has 6 heteroatoms. The molecule has 0 aromatic heterocycles. The number of rotatable bonds is 4. The Morgan fingerprint density at radius 3 is 2.16 bits per heavy atom. The van der Waals surface area contributed by atoms with Crippen LogP contribution in [0.3, 0.4) is 0 Å². The lowest BCUT2D eigenvalue weighted by atomic mass is 9.90. The van der Waals surface area contributed by atoms with Crippen LogP contribution in [0.4, 0.5) is 17.6 Å². The van der Waals surface area contributed by atoms with Gasteiger partial charge in [0.25, 0.3) is 0 Å². The van der Waals surface area contributed by atoms with E-state index in [2.05, 4.69) is 15.9 Å². The Morgan fingerprint density at radius 2 is 1.74 bits per heavy atom. The maximum absolute atomic E-state index is 13.9. The molecule has 0 fully saturated rings. The predicted molar refractivity (Wildman–Crippen MR) is 68.1 cm³/mol. The van der Waals surface area contributed by atoms with Crippen molar-refractivity contribution >= 4 is 15.9 Å². The molecule has 0 heterocycles. The van der Waals surface area contributed by atoms with Crippen molar-refractivity contribution in [3.05, 3.63) is 33.5 Å². The molecule has 1 nitrogen and oxygen atoms in total. The van der Waals surface area contributed by atoms with Crippen LogP contribution in [0.5, 0.6) is 0 Å². The number of alkyl halides is 3. The van der Waals surface area contributed by atoms with Gasteiger partial charge in [0.1, 0.15) is 5.82 Å². The highest BCUT2D eigenvalue weighted by Crippen LogP contribution is 2.38. The van der Waals surface area contributed by atoms with Crippen LogP contribution in [-0.2, 0) is 6.18 Å². The summed E-state index contributed by atoms with van der Waals surface area (Å²) in [6.45, 7) is 3.61. The zero-order valence-electron chi connectivity index (χ0n) is 10.6. The first-order chi connectivity index (χ1) is 8.72. The fraction of sp³-hybridized carbons (Fsp3) is 0.538. The van der Waals surface area contributed by atoms with E-state index in [9.17, 15) is 22.7 Å². The van der Waals surface area contributed by atoms with Crippen molar-refractivity contribution in [3.63, 3.8) is 0 Å². The molecule has 0 aliphatic rings. The minimum atomic E-state index is -4.78. The summed E-state index contributed by atoms with van der Waals surface area (Å²) in [7, 11) is 0. The smallest absolute Gasteiger partial charge is 0.388 e. The standard InChI is InChI=1S/C13H15BrF4O/c1-3-7(4-2)12(19)9-5-8(14)6-10(11(9)15)13(16,17)18/h5-7,12,19H,3-4H2,1-2H3. The molecule has 0 amide bonds. The summed E-state index contributed by atoms with van der Waals surface area (Å²) in [6.07, 6.45) is -4.90. The van der Waals surface area contributed by atoms with E-state index in [1.165, 1.54) is 6.07 Å². The Balaban J connectivity index is 3.33. The van der Waals surface area contributed by atoms with Crippen LogP contribution in [0.15, 0.2) is 16.6 Å². The van der Waals surface area contributed by atoms with Gasteiger partial charge < -0.3 is 5.11 Å². The predicted octanol–water partition coefficient (Wildman–Crippen LogP) is 5.08. The summed E-state index contributed by atoms with van der Waals surface area (Å²) in [4.78, 5) is 0. The van der Waals surface area contributed by atoms with Gasteiger partial charge in [-0.25, -0.2) is 4.39 Å². The third kappa shape index (κ3) is 3.69. The SMILES string of the molecule is CCC(CC)C(O)c1cc(Br)cc(C(F)(F)F)c1F. The van der Waals surface area contributed by atoms with Crippen molar-refractivity contribution in [2.75, 3.05) is 0 Å². The summed E-state index contributed by atoms with van der Waals surface area (Å²) < 4.78 is 52.1. The molecule has 1 N–H and O–H groups in total. The molecule has 0 spiro atoms. The number of aliphatic hydroxyl groups is 1. The molecule has 1 rings (SSSR count). The van der Waals surface area contributed by atoms with E-state index in [1.807, 2.05) is 0 Å². The van der Waals surface area contributed by atoms with Gasteiger partial charge in [0.05, 0.1) is 11.7 Å². The number of benzene rings is 1. The topological polar surface area (TPSA) is 20.2 Å². The second-order valence-corrected chi connectivity index (χ2v) is 5.29. The number of hydrogen-bond donors (Lipinski definition) is 1. The first-order valence-electron chi connectivity index (χ1n) is 5.96. The largest absolute Gasteiger partial charge is 0.419 e. The summed E-state index contributed by atoms with van der Waals surface area (Å²) in [5, 5.41) is 10.0. The molecule has 0 radical (unpaired) electrons. The van der Waals surface area contributed by atoms with Gasteiger partial charge in [-0.1, -0.05) is 42.6 Å². The molecule has 0 aliphatic heterocycles. The van der Waals surface area contributed by atoms with E-state index in [0.717, 1.165) is 0 Å². The second kappa shape index (κ2) is 6.22. The molecule has 108 valence electrons. The Morgan fingerprint density at radius 1 is 1.21 bits per heavy atom. The second-order valence-electron chi connectivity index (χ2n) is 4.38. The first-order valence-corrected chi connectivity index (χ1v) is 6.75. The van der Waals surface area contributed by atoms with E-state index in [4.69, 9.17) is 0 Å². The van der Waals surface area contributed by atoms with Crippen molar-refractivity contribution in [3.8, 4) is 0 Å². The molecule has 1 unspecified atom stereocenters. The van der Waals surface area contributed by atoms with Crippen LogP contribution < -0.4 is 0 Å².